The zero-order valence-corrected chi connectivity index (χ0v) is 25.7. The lowest BCUT2D eigenvalue weighted by Gasteiger charge is -2.34. The molecular formula is C33H36F4N6O3. The Labute approximate surface area is 263 Å². The van der Waals surface area contributed by atoms with Crippen LogP contribution in [0.2, 0.25) is 0 Å². The number of carbonyl (C=O) groups excluding carboxylic acids is 1. The molecule has 9 nitrogen and oxygen atoms in total. The minimum atomic E-state index is -4.54. The second kappa shape index (κ2) is 13.0. The van der Waals surface area contributed by atoms with E-state index in [1.54, 1.807) is 23.1 Å². The molecule has 0 spiro atoms. The Morgan fingerprint density at radius 2 is 1.85 bits per heavy atom. The molecule has 0 saturated carbocycles. The number of rotatable bonds is 8. The van der Waals surface area contributed by atoms with Crippen LogP contribution in [0.15, 0.2) is 42.7 Å². The van der Waals surface area contributed by atoms with E-state index in [2.05, 4.69) is 26.8 Å². The van der Waals surface area contributed by atoms with Gasteiger partial charge >= 0.3 is 6.18 Å². The number of aliphatic hydroxyl groups is 1. The SMILES string of the molecule is CCN1CCN(Cc2ccc(CC(=O)N3Cc4cc(Oc5c(F)cnc6[nH]c(CO)cc56)cnc4[C@@H](C)C3)cc2C(F)(F)F)CC1. The molecule has 1 aromatic carbocycles. The van der Waals surface area contributed by atoms with Gasteiger partial charge in [0.2, 0.25) is 5.91 Å². The number of aromatic amines is 1. The number of likely N-dealkylation sites (N-methyl/N-ethyl adjacent to an activating group) is 1. The van der Waals surface area contributed by atoms with Crippen LogP contribution in [0.4, 0.5) is 17.6 Å². The van der Waals surface area contributed by atoms with Crippen molar-refractivity contribution in [3.63, 3.8) is 0 Å². The first-order valence-corrected chi connectivity index (χ1v) is 15.4. The number of aliphatic hydroxyl groups excluding tert-OH is 1. The lowest BCUT2D eigenvalue weighted by molar-refractivity contribution is -0.138. The molecule has 13 heteroatoms. The number of amides is 1. The number of H-pyrrole nitrogens is 1. The van der Waals surface area contributed by atoms with Crippen LogP contribution in [-0.4, -0.2) is 79.9 Å². The summed E-state index contributed by atoms with van der Waals surface area (Å²) in [5.74, 6) is -0.955. The molecule has 4 aromatic rings. The van der Waals surface area contributed by atoms with Crippen LogP contribution >= 0.6 is 0 Å². The first kappa shape index (κ1) is 31.9. The fraction of sp³-hybridized carbons (Fsp3) is 0.424. The molecule has 0 aliphatic carbocycles. The van der Waals surface area contributed by atoms with E-state index in [4.69, 9.17) is 4.74 Å². The van der Waals surface area contributed by atoms with Crippen LogP contribution in [-0.2, 0) is 37.1 Å². The fourth-order valence-electron chi connectivity index (χ4n) is 6.32. The Hall–Kier alpha value is -4.07. The Kier molecular flexibility index (Phi) is 8.99. The summed E-state index contributed by atoms with van der Waals surface area (Å²) >= 11 is 0. The summed E-state index contributed by atoms with van der Waals surface area (Å²) in [6, 6.07) is 7.48. The topological polar surface area (TPSA) is 97.8 Å². The molecule has 6 rings (SSSR count). The van der Waals surface area contributed by atoms with Crippen LogP contribution in [0.3, 0.4) is 0 Å². The van der Waals surface area contributed by atoms with Crippen molar-refractivity contribution in [2.75, 3.05) is 39.3 Å². The molecule has 0 bridgehead atoms. The number of piperazine rings is 1. The van der Waals surface area contributed by atoms with Crippen molar-refractivity contribution in [2.45, 2.75) is 52.1 Å². The summed E-state index contributed by atoms with van der Waals surface area (Å²) < 4.78 is 63.1. The molecule has 1 atom stereocenters. The average Bonchev–Trinajstić information content (AvgIpc) is 3.47. The molecule has 244 valence electrons. The Morgan fingerprint density at radius 3 is 2.57 bits per heavy atom. The monoisotopic (exact) mass is 640 g/mol. The van der Waals surface area contributed by atoms with Gasteiger partial charge in [-0.1, -0.05) is 26.0 Å². The van der Waals surface area contributed by atoms with Gasteiger partial charge in [-0.25, -0.2) is 9.37 Å². The lowest BCUT2D eigenvalue weighted by atomic mass is 9.95. The third-order valence-corrected chi connectivity index (χ3v) is 8.80. The Morgan fingerprint density at radius 1 is 1.09 bits per heavy atom. The summed E-state index contributed by atoms with van der Waals surface area (Å²) in [6.07, 6.45) is -2.21. The molecule has 1 saturated heterocycles. The predicted molar refractivity (Wildman–Crippen MR) is 163 cm³/mol. The second-order valence-corrected chi connectivity index (χ2v) is 12.0. The van der Waals surface area contributed by atoms with Crippen LogP contribution in [0.5, 0.6) is 11.5 Å². The maximum Gasteiger partial charge on any atom is 0.416 e. The van der Waals surface area contributed by atoms with Crippen LogP contribution in [0.25, 0.3) is 11.0 Å². The van der Waals surface area contributed by atoms with Gasteiger partial charge in [0.15, 0.2) is 11.6 Å². The van der Waals surface area contributed by atoms with E-state index >= 15 is 0 Å². The maximum atomic E-state index is 14.8. The lowest BCUT2D eigenvalue weighted by Crippen LogP contribution is -2.45. The van der Waals surface area contributed by atoms with Gasteiger partial charge in [0.1, 0.15) is 11.4 Å². The van der Waals surface area contributed by atoms with Crippen molar-refractivity contribution < 1.29 is 32.2 Å². The van der Waals surface area contributed by atoms with Crippen molar-refractivity contribution in [3.05, 3.63) is 82.2 Å². The first-order valence-electron chi connectivity index (χ1n) is 15.4. The number of halogens is 4. The third-order valence-electron chi connectivity index (χ3n) is 8.80. The van der Waals surface area contributed by atoms with Crippen molar-refractivity contribution >= 4 is 16.9 Å². The number of benzene rings is 1. The zero-order chi connectivity index (χ0) is 32.6. The van der Waals surface area contributed by atoms with Crippen LogP contribution in [0.1, 0.15) is 53.4 Å². The summed E-state index contributed by atoms with van der Waals surface area (Å²) in [4.78, 5) is 30.8. The van der Waals surface area contributed by atoms with E-state index < -0.39 is 17.6 Å². The number of carbonyl (C=O) groups is 1. The zero-order valence-electron chi connectivity index (χ0n) is 25.7. The quantitative estimate of drug-likeness (QED) is 0.255. The van der Waals surface area contributed by atoms with Crippen molar-refractivity contribution in [1.82, 2.24) is 29.7 Å². The molecule has 0 unspecified atom stereocenters. The molecule has 3 aromatic heterocycles. The number of hydrogen-bond acceptors (Lipinski definition) is 7. The van der Waals surface area contributed by atoms with Gasteiger partial charge in [-0.2, -0.15) is 13.2 Å². The second-order valence-electron chi connectivity index (χ2n) is 12.0. The molecule has 1 amide bonds. The molecular weight excluding hydrogens is 604 g/mol. The number of pyridine rings is 2. The highest BCUT2D eigenvalue weighted by Gasteiger charge is 2.35. The molecule has 2 aliphatic heterocycles. The van der Waals surface area contributed by atoms with Gasteiger partial charge in [0.05, 0.1) is 42.1 Å². The molecule has 5 heterocycles. The largest absolute Gasteiger partial charge is 0.452 e. The summed E-state index contributed by atoms with van der Waals surface area (Å²) in [5.41, 5.74) is 2.09. The van der Waals surface area contributed by atoms with Gasteiger partial charge < -0.3 is 24.6 Å². The summed E-state index contributed by atoms with van der Waals surface area (Å²) in [6.45, 7) is 8.47. The number of aromatic nitrogens is 3. The van der Waals surface area contributed by atoms with Crippen molar-refractivity contribution in [1.29, 1.82) is 0 Å². The fourth-order valence-corrected chi connectivity index (χ4v) is 6.32. The minimum absolute atomic E-state index is 0.0772. The number of ether oxygens (including phenoxy) is 1. The van der Waals surface area contributed by atoms with Gasteiger partial charge in [-0.3, -0.25) is 14.7 Å². The van der Waals surface area contributed by atoms with E-state index in [-0.39, 0.29) is 55.0 Å². The maximum absolute atomic E-state index is 14.8. The van der Waals surface area contributed by atoms with E-state index in [1.807, 2.05) is 11.8 Å². The van der Waals surface area contributed by atoms with Crippen molar-refractivity contribution in [2.24, 2.45) is 0 Å². The minimum Gasteiger partial charge on any atom is -0.452 e. The molecule has 2 N–H and O–H groups in total. The molecule has 1 fully saturated rings. The Balaban J connectivity index is 1.17. The third kappa shape index (κ3) is 6.72. The molecule has 2 aliphatic rings. The first-order chi connectivity index (χ1) is 22.0. The summed E-state index contributed by atoms with van der Waals surface area (Å²) in [7, 11) is 0. The summed E-state index contributed by atoms with van der Waals surface area (Å²) in [5, 5.41) is 9.81. The van der Waals surface area contributed by atoms with Gasteiger partial charge in [-0.15, -0.1) is 0 Å². The van der Waals surface area contributed by atoms with Gasteiger partial charge in [0, 0.05) is 57.4 Å². The smallest absolute Gasteiger partial charge is 0.416 e. The van der Waals surface area contributed by atoms with Gasteiger partial charge in [0.25, 0.3) is 0 Å². The standard InChI is InChI=1S/C33H36F4N6O3/c1-3-41-6-8-42(9-7-41)17-22-5-4-21(10-27(22)33(35,36)37)11-29(45)43-16-20(2)30-23(18-43)12-25(14-38-30)46-31-26-13-24(19-44)40-32(26)39-15-28(31)34/h4-5,10,12-15,20,44H,3,6-9,11,16-19H2,1-2H3,(H,39,40)/t20-/m0/s1. The van der Waals surface area contributed by atoms with Crippen LogP contribution in [0, 0.1) is 5.82 Å². The van der Waals surface area contributed by atoms with E-state index in [0.717, 1.165) is 37.6 Å². The van der Waals surface area contributed by atoms with Crippen LogP contribution < -0.4 is 4.74 Å². The highest BCUT2D eigenvalue weighted by molar-refractivity contribution is 5.84. The number of fused-ring (bicyclic) bond motifs is 2. The molecule has 46 heavy (non-hydrogen) atoms. The number of nitrogens with zero attached hydrogens (tertiary/aromatic N) is 5. The highest BCUT2D eigenvalue weighted by Crippen LogP contribution is 2.36. The van der Waals surface area contributed by atoms with E-state index in [9.17, 15) is 27.5 Å². The van der Waals surface area contributed by atoms with Crippen molar-refractivity contribution in [3.8, 4) is 11.5 Å². The average molecular weight is 641 g/mol. The number of nitrogens with one attached hydrogen (secondary N) is 1. The van der Waals surface area contributed by atoms with Gasteiger partial charge in [-0.05, 0) is 41.4 Å². The number of hydrogen-bond donors (Lipinski definition) is 2. The Bertz CT molecular complexity index is 1730. The molecule has 0 radical (unpaired) electrons. The van der Waals surface area contributed by atoms with E-state index in [1.165, 1.54) is 12.3 Å². The predicted octanol–water partition coefficient (Wildman–Crippen LogP) is 5.23. The normalized spacial score (nSPS) is 17.8. The number of alkyl halides is 3. The van der Waals surface area contributed by atoms with E-state index in [0.29, 0.717) is 47.5 Å². The highest BCUT2D eigenvalue weighted by atomic mass is 19.4.